The Bertz CT molecular complexity index is 1180. The Hall–Kier alpha value is -2.46. The van der Waals surface area contributed by atoms with E-state index in [-0.39, 0.29) is 11.0 Å². The largest absolute Gasteiger partial charge is 0.323 e. The first-order chi connectivity index (χ1) is 14.0. The van der Waals surface area contributed by atoms with E-state index < -0.39 is 0 Å². The molecule has 7 heteroatoms. The molecule has 29 heavy (non-hydrogen) atoms. The first-order valence-corrected chi connectivity index (χ1v) is 10.9. The molecule has 3 aromatic rings. The number of anilines is 1. The molecule has 0 saturated heterocycles. The van der Waals surface area contributed by atoms with E-state index in [9.17, 15) is 10.1 Å². The van der Waals surface area contributed by atoms with Crippen molar-refractivity contribution >= 4 is 61.9 Å². The zero-order valence-electron chi connectivity index (χ0n) is 15.7. The maximum absolute atomic E-state index is 12.8. The predicted octanol–water partition coefficient (Wildman–Crippen LogP) is 5.68. The quantitative estimate of drug-likeness (QED) is 0.504. The van der Waals surface area contributed by atoms with Crippen LogP contribution in [0.2, 0.25) is 5.02 Å². The monoisotopic (exact) mass is 439 g/mol. The van der Waals surface area contributed by atoms with E-state index in [0.717, 1.165) is 35.6 Å². The lowest BCUT2D eigenvalue weighted by atomic mass is 9.89. The molecule has 1 aliphatic carbocycles. The van der Waals surface area contributed by atoms with Gasteiger partial charge in [-0.25, -0.2) is 0 Å². The molecule has 0 aliphatic heterocycles. The number of nitrogens with zero attached hydrogens (tertiary/aromatic N) is 1. The van der Waals surface area contributed by atoms with Crippen LogP contribution in [0.3, 0.4) is 0 Å². The van der Waals surface area contributed by atoms with Crippen LogP contribution in [0.5, 0.6) is 0 Å². The Morgan fingerprint density at radius 1 is 1.28 bits per heavy atom. The molecule has 1 unspecified atom stereocenters. The highest BCUT2D eigenvalue weighted by molar-refractivity contribution is 7.80. The number of hydrogen-bond donors (Lipinski definition) is 2. The van der Waals surface area contributed by atoms with E-state index >= 15 is 0 Å². The minimum atomic E-state index is -0.316. The third kappa shape index (κ3) is 3.86. The highest BCUT2D eigenvalue weighted by atomic mass is 35.5. The van der Waals surface area contributed by atoms with Crippen LogP contribution in [-0.2, 0) is 12.8 Å². The van der Waals surface area contributed by atoms with Gasteiger partial charge >= 0.3 is 0 Å². The van der Waals surface area contributed by atoms with Crippen molar-refractivity contribution in [1.82, 2.24) is 5.32 Å². The summed E-state index contributed by atoms with van der Waals surface area (Å²) in [5, 5.41) is 18.5. The Morgan fingerprint density at radius 2 is 2.03 bits per heavy atom. The smallest absolute Gasteiger partial charge is 0.258 e. The Balaban J connectivity index is 1.55. The SMILES string of the molecule is CC1CCc2c(sc(NC(=S)NC(=O)c3cccc4c(Cl)cccc34)c2C#N)C1. The second kappa shape index (κ2) is 8.11. The molecule has 0 bridgehead atoms. The number of thiophene rings is 1. The second-order valence-corrected chi connectivity index (χ2v) is 9.14. The molecule has 1 heterocycles. The summed E-state index contributed by atoms with van der Waals surface area (Å²) >= 11 is 13.2. The average Bonchev–Trinajstić information content (AvgIpc) is 3.03. The molecule has 2 N–H and O–H groups in total. The van der Waals surface area contributed by atoms with Crippen molar-refractivity contribution in [2.24, 2.45) is 5.92 Å². The summed E-state index contributed by atoms with van der Waals surface area (Å²) in [7, 11) is 0. The van der Waals surface area contributed by atoms with Gasteiger partial charge in [-0.2, -0.15) is 5.26 Å². The van der Waals surface area contributed by atoms with Gasteiger partial charge in [0.05, 0.1) is 5.56 Å². The molecular weight excluding hydrogens is 422 g/mol. The summed E-state index contributed by atoms with van der Waals surface area (Å²) in [4.78, 5) is 14.1. The fourth-order valence-corrected chi connectivity index (χ4v) is 5.59. The van der Waals surface area contributed by atoms with Gasteiger partial charge in [0.15, 0.2) is 5.11 Å². The van der Waals surface area contributed by atoms with Gasteiger partial charge < -0.3 is 5.32 Å². The summed E-state index contributed by atoms with van der Waals surface area (Å²) in [5.41, 5.74) is 2.26. The lowest BCUT2D eigenvalue weighted by Gasteiger charge is -2.17. The van der Waals surface area contributed by atoms with Gasteiger partial charge in [0.1, 0.15) is 11.1 Å². The highest BCUT2D eigenvalue weighted by Gasteiger charge is 2.24. The predicted molar refractivity (Wildman–Crippen MR) is 123 cm³/mol. The van der Waals surface area contributed by atoms with E-state index in [1.807, 2.05) is 18.2 Å². The average molecular weight is 440 g/mol. The molecule has 0 saturated carbocycles. The molecular formula is C22H18ClN3OS2. The molecule has 1 amide bonds. The van der Waals surface area contributed by atoms with Crippen molar-refractivity contribution in [3.8, 4) is 6.07 Å². The van der Waals surface area contributed by atoms with E-state index in [4.69, 9.17) is 23.8 Å². The highest BCUT2D eigenvalue weighted by Crippen LogP contribution is 2.39. The third-order valence-electron chi connectivity index (χ3n) is 5.19. The number of rotatable bonds is 2. The summed E-state index contributed by atoms with van der Waals surface area (Å²) in [6.07, 6.45) is 2.97. The van der Waals surface area contributed by atoms with Crippen molar-refractivity contribution < 1.29 is 4.79 Å². The fourth-order valence-electron chi connectivity index (χ4n) is 3.73. The van der Waals surface area contributed by atoms with Gasteiger partial charge in [-0.15, -0.1) is 11.3 Å². The number of nitrogens with one attached hydrogen (secondary N) is 2. The number of carbonyl (C=O) groups excluding carboxylic acids is 1. The first-order valence-electron chi connectivity index (χ1n) is 9.32. The summed E-state index contributed by atoms with van der Waals surface area (Å²) in [6.45, 7) is 2.23. The van der Waals surface area contributed by atoms with Crippen LogP contribution in [0, 0.1) is 17.2 Å². The van der Waals surface area contributed by atoms with Gasteiger partial charge in [0.25, 0.3) is 5.91 Å². The lowest BCUT2D eigenvalue weighted by molar-refractivity contribution is 0.0979. The maximum atomic E-state index is 12.8. The number of carbonyl (C=O) groups is 1. The van der Waals surface area contributed by atoms with Crippen LogP contribution in [0.4, 0.5) is 5.00 Å². The zero-order valence-corrected chi connectivity index (χ0v) is 18.1. The van der Waals surface area contributed by atoms with E-state index in [0.29, 0.717) is 27.1 Å². The molecule has 4 nitrogen and oxygen atoms in total. The molecule has 1 aliphatic rings. The van der Waals surface area contributed by atoms with Gasteiger partial charge in [0.2, 0.25) is 0 Å². The third-order valence-corrected chi connectivity index (χ3v) is 6.89. The Kier molecular flexibility index (Phi) is 5.55. The van der Waals surface area contributed by atoms with Gasteiger partial charge in [-0.3, -0.25) is 10.1 Å². The van der Waals surface area contributed by atoms with Crippen LogP contribution in [0.1, 0.15) is 39.7 Å². The van der Waals surface area contributed by atoms with E-state index in [1.54, 1.807) is 29.5 Å². The van der Waals surface area contributed by atoms with Crippen molar-refractivity contribution in [2.45, 2.75) is 26.2 Å². The van der Waals surface area contributed by atoms with Crippen molar-refractivity contribution in [1.29, 1.82) is 5.26 Å². The van der Waals surface area contributed by atoms with Gasteiger partial charge in [0, 0.05) is 20.8 Å². The summed E-state index contributed by atoms with van der Waals surface area (Å²) < 4.78 is 0. The molecule has 2 aromatic carbocycles. The van der Waals surface area contributed by atoms with Crippen LogP contribution in [-0.4, -0.2) is 11.0 Å². The first kappa shape index (κ1) is 19.8. The van der Waals surface area contributed by atoms with E-state index in [2.05, 4.69) is 23.6 Å². The van der Waals surface area contributed by atoms with Gasteiger partial charge in [-0.05, 0) is 60.5 Å². The molecule has 0 spiro atoms. The minimum Gasteiger partial charge on any atom is -0.323 e. The normalized spacial score (nSPS) is 15.4. The Morgan fingerprint density at radius 3 is 2.83 bits per heavy atom. The molecule has 1 atom stereocenters. The van der Waals surface area contributed by atoms with Crippen molar-refractivity contribution in [3.05, 3.63) is 63.0 Å². The number of thiocarbonyl (C=S) groups is 1. The summed E-state index contributed by atoms with van der Waals surface area (Å²) in [6, 6.07) is 13.2. The van der Waals surface area contributed by atoms with Crippen LogP contribution >= 0.6 is 35.2 Å². The number of fused-ring (bicyclic) bond motifs is 2. The second-order valence-electron chi connectivity index (χ2n) is 7.22. The number of amides is 1. The minimum absolute atomic E-state index is 0.178. The number of halogens is 1. The van der Waals surface area contributed by atoms with Crippen LogP contribution < -0.4 is 10.6 Å². The van der Waals surface area contributed by atoms with Gasteiger partial charge in [-0.1, -0.05) is 42.8 Å². The van der Waals surface area contributed by atoms with Crippen molar-refractivity contribution in [3.63, 3.8) is 0 Å². The van der Waals surface area contributed by atoms with E-state index in [1.165, 1.54) is 4.88 Å². The fraction of sp³-hybridized carbons (Fsp3) is 0.227. The maximum Gasteiger partial charge on any atom is 0.258 e. The molecule has 0 radical (unpaired) electrons. The number of benzene rings is 2. The topological polar surface area (TPSA) is 64.9 Å². The number of hydrogen-bond acceptors (Lipinski definition) is 4. The molecule has 4 rings (SSSR count). The Labute approximate surface area is 183 Å². The van der Waals surface area contributed by atoms with Crippen LogP contribution in [0.25, 0.3) is 10.8 Å². The lowest BCUT2D eigenvalue weighted by Crippen LogP contribution is -2.34. The van der Waals surface area contributed by atoms with Crippen LogP contribution in [0.15, 0.2) is 36.4 Å². The zero-order chi connectivity index (χ0) is 20.5. The van der Waals surface area contributed by atoms with Crippen molar-refractivity contribution in [2.75, 3.05) is 5.32 Å². The molecule has 1 aromatic heterocycles. The number of nitriles is 1. The standard InChI is InChI=1S/C22H18ClN3OS2/c1-12-8-9-15-17(11-24)21(29-19(15)10-12)26-22(28)25-20(27)16-6-2-5-14-13(16)4-3-7-18(14)23/h2-7,12H,8-10H2,1H3,(H2,25,26,27,28). The molecule has 0 fully saturated rings. The summed E-state index contributed by atoms with van der Waals surface area (Å²) in [5.74, 6) is 0.300. The molecule has 146 valence electrons.